The SMILES string of the molecule is O=C(Cl)c1cc(C(F)F)c(=O)[nH]c1[N+](=O)[O-]. The third-order valence-corrected chi connectivity index (χ3v) is 1.88. The van der Waals surface area contributed by atoms with E-state index in [0.29, 0.717) is 6.07 Å². The largest absolute Gasteiger partial charge is 0.358 e. The Balaban J connectivity index is 3.56. The van der Waals surface area contributed by atoms with E-state index in [4.69, 9.17) is 11.6 Å². The highest BCUT2D eigenvalue weighted by Crippen LogP contribution is 2.21. The van der Waals surface area contributed by atoms with E-state index in [0.717, 1.165) is 0 Å². The summed E-state index contributed by atoms with van der Waals surface area (Å²) in [5, 5.41) is 9.10. The Morgan fingerprint density at radius 3 is 2.50 bits per heavy atom. The molecule has 0 aliphatic heterocycles. The molecule has 16 heavy (non-hydrogen) atoms. The number of halogens is 3. The number of carbonyl (C=O) groups excluding carboxylic acids is 1. The molecule has 1 aromatic rings. The minimum Gasteiger partial charge on any atom is -0.358 e. The van der Waals surface area contributed by atoms with E-state index in [1.54, 1.807) is 4.98 Å². The predicted octanol–water partition coefficient (Wildman–Crippen LogP) is 1.60. The number of aromatic amines is 1. The number of hydrogen-bond acceptors (Lipinski definition) is 4. The normalized spacial score (nSPS) is 10.5. The molecule has 9 heteroatoms. The Hall–Kier alpha value is -1.83. The van der Waals surface area contributed by atoms with Crippen molar-refractivity contribution in [3.05, 3.63) is 37.7 Å². The maximum Gasteiger partial charge on any atom is 0.340 e. The first-order valence-electron chi connectivity index (χ1n) is 3.74. The number of nitrogens with zero attached hydrogens (tertiary/aromatic N) is 1. The van der Waals surface area contributed by atoms with Crippen molar-refractivity contribution in [1.82, 2.24) is 4.98 Å². The van der Waals surface area contributed by atoms with Gasteiger partial charge in [-0.15, -0.1) is 0 Å². The molecule has 0 saturated heterocycles. The van der Waals surface area contributed by atoms with E-state index in [1.165, 1.54) is 0 Å². The lowest BCUT2D eigenvalue weighted by Crippen LogP contribution is -2.17. The number of H-pyrrole nitrogens is 1. The molecule has 0 aliphatic rings. The number of carbonyl (C=O) groups is 1. The Bertz CT molecular complexity index is 514. The van der Waals surface area contributed by atoms with Crippen LogP contribution < -0.4 is 5.56 Å². The first kappa shape index (κ1) is 12.2. The lowest BCUT2D eigenvalue weighted by atomic mass is 10.2. The van der Waals surface area contributed by atoms with E-state index in [9.17, 15) is 28.5 Å². The third-order valence-electron chi connectivity index (χ3n) is 1.68. The van der Waals surface area contributed by atoms with Crippen LogP contribution >= 0.6 is 11.6 Å². The molecule has 1 aromatic heterocycles. The van der Waals surface area contributed by atoms with Gasteiger partial charge >= 0.3 is 11.4 Å². The summed E-state index contributed by atoms with van der Waals surface area (Å²) in [5.74, 6) is -1.01. The zero-order valence-corrected chi connectivity index (χ0v) is 8.12. The van der Waals surface area contributed by atoms with Crippen LogP contribution in [-0.2, 0) is 0 Å². The van der Waals surface area contributed by atoms with E-state index in [2.05, 4.69) is 0 Å². The number of alkyl halides is 2. The van der Waals surface area contributed by atoms with Gasteiger partial charge in [0.1, 0.15) is 11.1 Å². The van der Waals surface area contributed by atoms with Gasteiger partial charge in [0, 0.05) is 0 Å². The summed E-state index contributed by atoms with van der Waals surface area (Å²) in [6.45, 7) is 0. The van der Waals surface area contributed by atoms with Crippen LogP contribution in [0, 0.1) is 10.1 Å². The minimum absolute atomic E-state index is 0.414. The third kappa shape index (κ3) is 2.22. The van der Waals surface area contributed by atoms with Gasteiger partial charge in [0.2, 0.25) is 0 Å². The fourth-order valence-corrected chi connectivity index (χ4v) is 1.14. The topological polar surface area (TPSA) is 93.1 Å². The Morgan fingerprint density at radius 1 is 1.56 bits per heavy atom. The van der Waals surface area contributed by atoms with Crippen LogP contribution in [0.3, 0.4) is 0 Å². The van der Waals surface area contributed by atoms with Crippen molar-refractivity contribution in [1.29, 1.82) is 0 Å². The second kappa shape index (κ2) is 4.35. The Labute approximate surface area is 91.0 Å². The molecule has 0 aromatic carbocycles. The average Bonchev–Trinajstić information content (AvgIpc) is 2.15. The highest BCUT2D eigenvalue weighted by Gasteiger charge is 2.25. The molecule has 1 N–H and O–H groups in total. The molecular weight excluding hydrogens is 250 g/mol. The minimum atomic E-state index is -3.15. The summed E-state index contributed by atoms with van der Waals surface area (Å²) in [5.41, 5.74) is -3.15. The van der Waals surface area contributed by atoms with Gasteiger partial charge in [-0.2, -0.15) is 0 Å². The van der Waals surface area contributed by atoms with Gasteiger partial charge < -0.3 is 10.1 Å². The second-order valence-electron chi connectivity index (χ2n) is 2.65. The van der Waals surface area contributed by atoms with E-state index < -0.39 is 39.1 Å². The summed E-state index contributed by atoms with van der Waals surface area (Å²) < 4.78 is 24.5. The molecule has 0 aliphatic carbocycles. The number of nitro groups is 1. The van der Waals surface area contributed by atoms with Crippen molar-refractivity contribution in [3.63, 3.8) is 0 Å². The van der Waals surface area contributed by atoms with Crippen LogP contribution in [0.15, 0.2) is 10.9 Å². The second-order valence-corrected chi connectivity index (χ2v) is 2.99. The van der Waals surface area contributed by atoms with Crippen LogP contribution in [-0.4, -0.2) is 15.1 Å². The molecule has 0 bridgehead atoms. The van der Waals surface area contributed by atoms with E-state index in [-0.39, 0.29) is 0 Å². The number of pyridine rings is 1. The Morgan fingerprint density at radius 2 is 2.12 bits per heavy atom. The van der Waals surface area contributed by atoms with Crippen LogP contribution in [0.2, 0.25) is 0 Å². The van der Waals surface area contributed by atoms with Gasteiger partial charge in [-0.25, -0.2) is 18.6 Å². The van der Waals surface area contributed by atoms with Crippen LogP contribution in [0.5, 0.6) is 0 Å². The van der Waals surface area contributed by atoms with Crippen molar-refractivity contribution in [3.8, 4) is 0 Å². The molecular formula is C7H3ClF2N2O4. The van der Waals surface area contributed by atoms with Crippen molar-refractivity contribution >= 4 is 22.7 Å². The van der Waals surface area contributed by atoms with Gasteiger partial charge in [0.05, 0.1) is 0 Å². The number of rotatable bonds is 3. The molecule has 0 radical (unpaired) electrons. The fourth-order valence-electron chi connectivity index (χ4n) is 0.992. The van der Waals surface area contributed by atoms with Gasteiger partial charge in [-0.05, 0) is 22.6 Å². The van der Waals surface area contributed by atoms with Crippen molar-refractivity contribution in [2.45, 2.75) is 6.43 Å². The van der Waals surface area contributed by atoms with Gasteiger partial charge in [-0.3, -0.25) is 4.79 Å². The van der Waals surface area contributed by atoms with E-state index in [1.807, 2.05) is 0 Å². The summed E-state index contributed by atoms with van der Waals surface area (Å²) in [6, 6.07) is 0.414. The lowest BCUT2D eigenvalue weighted by Gasteiger charge is -2.01. The standard InChI is InChI=1S/C7H3ClF2N2O4/c8-4(13)2-1-3(5(9)10)7(14)11-6(2)12(15)16/h1,5H,(H,11,14). The lowest BCUT2D eigenvalue weighted by molar-refractivity contribution is -0.389. The first-order chi connectivity index (χ1) is 7.34. The molecule has 6 nitrogen and oxygen atoms in total. The summed E-state index contributed by atoms with van der Waals surface area (Å²) in [6.07, 6.45) is -3.15. The predicted molar refractivity (Wildman–Crippen MR) is 48.9 cm³/mol. The molecule has 1 heterocycles. The van der Waals surface area contributed by atoms with Gasteiger partial charge in [-0.1, -0.05) is 0 Å². The van der Waals surface area contributed by atoms with Crippen LogP contribution in [0.25, 0.3) is 0 Å². The van der Waals surface area contributed by atoms with Crippen molar-refractivity contribution < 1.29 is 18.5 Å². The summed E-state index contributed by atoms with van der Waals surface area (Å²) in [4.78, 5) is 32.6. The fraction of sp³-hybridized carbons (Fsp3) is 0.143. The number of aromatic nitrogens is 1. The molecule has 0 unspecified atom stereocenters. The molecule has 1 rings (SSSR count). The van der Waals surface area contributed by atoms with E-state index >= 15 is 0 Å². The monoisotopic (exact) mass is 252 g/mol. The molecule has 0 fully saturated rings. The zero-order chi connectivity index (χ0) is 12.5. The maximum atomic E-state index is 12.3. The van der Waals surface area contributed by atoms with Crippen molar-refractivity contribution in [2.75, 3.05) is 0 Å². The number of nitrogens with one attached hydrogen (secondary N) is 1. The van der Waals surface area contributed by atoms with Gasteiger partial charge in [0.25, 0.3) is 11.7 Å². The molecule has 0 saturated carbocycles. The first-order valence-corrected chi connectivity index (χ1v) is 4.12. The van der Waals surface area contributed by atoms with Crippen LogP contribution in [0.4, 0.5) is 14.6 Å². The Kier molecular flexibility index (Phi) is 3.33. The highest BCUT2D eigenvalue weighted by atomic mass is 35.5. The molecule has 0 atom stereocenters. The maximum absolute atomic E-state index is 12.3. The average molecular weight is 253 g/mol. The zero-order valence-electron chi connectivity index (χ0n) is 7.37. The molecule has 0 amide bonds. The van der Waals surface area contributed by atoms with Crippen LogP contribution in [0.1, 0.15) is 22.3 Å². The number of hydrogen-bond donors (Lipinski definition) is 1. The smallest absolute Gasteiger partial charge is 0.340 e. The summed E-state index contributed by atoms with van der Waals surface area (Å²) >= 11 is 4.97. The highest BCUT2D eigenvalue weighted by molar-refractivity contribution is 6.68. The molecule has 86 valence electrons. The quantitative estimate of drug-likeness (QED) is 0.502. The van der Waals surface area contributed by atoms with Gasteiger partial charge in [0.15, 0.2) is 0 Å². The van der Waals surface area contributed by atoms with Crippen molar-refractivity contribution in [2.24, 2.45) is 0 Å². The summed E-state index contributed by atoms with van der Waals surface area (Å²) in [7, 11) is 0. The molecule has 0 spiro atoms.